The molecule has 1 aromatic rings. The van der Waals surface area contributed by atoms with Gasteiger partial charge in [-0.2, -0.15) is 0 Å². The zero-order valence-electron chi connectivity index (χ0n) is 11.8. The van der Waals surface area contributed by atoms with Crippen LogP contribution in [0.2, 0.25) is 0 Å². The Morgan fingerprint density at radius 3 is 2.37 bits per heavy atom. The third-order valence-electron chi connectivity index (χ3n) is 3.16. The zero-order chi connectivity index (χ0) is 14.7. The lowest BCUT2D eigenvalue weighted by atomic mass is 10.0. The van der Waals surface area contributed by atoms with Gasteiger partial charge in [0.2, 0.25) is 10.0 Å². The summed E-state index contributed by atoms with van der Waals surface area (Å²) in [6.07, 6.45) is 0.798. The average Bonchev–Trinajstić information content (AvgIpc) is 2.38. The Labute approximate surface area is 120 Å². The number of alkyl halides is 1. The number of sulfonamides is 1. The molecule has 0 saturated heterocycles. The molecule has 0 aliphatic carbocycles. The van der Waals surface area contributed by atoms with Crippen molar-refractivity contribution in [1.29, 1.82) is 0 Å². The summed E-state index contributed by atoms with van der Waals surface area (Å²) in [6.45, 7) is 3.98. The van der Waals surface area contributed by atoms with Gasteiger partial charge in [0.05, 0.1) is 5.69 Å². The Kier molecular flexibility index (Phi) is 5.24. The molecule has 0 heterocycles. The molecule has 0 aliphatic rings. The first-order valence-corrected chi connectivity index (χ1v) is 8.10. The van der Waals surface area contributed by atoms with E-state index in [1.54, 1.807) is 24.3 Å². The molecule has 108 valence electrons. The lowest BCUT2D eigenvalue weighted by Gasteiger charge is -2.29. The molecule has 1 aromatic carbocycles. The van der Waals surface area contributed by atoms with E-state index >= 15 is 0 Å². The molecule has 0 spiro atoms. The van der Waals surface area contributed by atoms with Gasteiger partial charge in [-0.15, -0.1) is 11.6 Å². The number of nitrogens with zero attached hydrogens (tertiary/aromatic N) is 1. The van der Waals surface area contributed by atoms with Gasteiger partial charge in [-0.1, -0.05) is 19.1 Å². The van der Waals surface area contributed by atoms with Crippen LogP contribution >= 0.6 is 11.6 Å². The summed E-state index contributed by atoms with van der Waals surface area (Å²) >= 11 is 5.97. The van der Waals surface area contributed by atoms with Crippen LogP contribution in [-0.4, -0.2) is 38.2 Å². The highest BCUT2D eigenvalue weighted by molar-refractivity contribution is 7.89. The number of para-hydroxylation sites is 1. The lowest BCUT2D eigenvalue weighted by molar-refractivity contribution is 0.519. The first-order chi connectivity index (χ1) is 8.77. The molecule has 0 saturated carbocycles. The van der Waals surface area contributed by atoms with Crippen LogP contribution in [0.5, 0.6) is 0 Å². The van der Waals surface area contributed by atoms with Crippen LogP contribution in [0, 0.1) is 0 Å². The van der Waals surface area contributed by atoms with Gasteiger partial charge in [0, 0.05) is 25.5 Å². The fraction of sp³-hybridized carbons (Fsp3) is 0.538. The second-order valence-electron chi connectivity index (χ2n) is 4.96. The molecule has 0 radical (unpaired) electrons. The summed E-state index contributed by atoms with van der Waals surface area (Å²) in [5.74, 6) is 0.403. The van der Waals surface area contributed by atoms with Crippen molar-refractivity contribution < 1.29 is 8.42 Å². The first kappa shape index (κ1) is 16.3. The predicted octanol–water partition coefficient (Wildman–Crippen LogP) is 2.76. The average molecular weight is 305 g/mol. The zero-order valence-corrected chi connectivity index (χ0v) is 13.3. The van der Waals surface area contributed by atoms with Crippen molar-refractivity contribution in [3.05, 3.63) is 24.3 Å². The van der Waals surface area contributed by atoms with Gasteiger partial charge in [0.15, 0.2) is 0 Å². The molecule has 1 unspecified atom stereocenters. The molecule has 1 N–H and O–H groups in total. The van der Waals surface area contributed by atoms with Gasteiger partial charge in [-0.25, -0.2) is 12.7 Å². The SMILES string of the molecule is CCC(C)(CCl)Nc1ccccc1S(=O)(=O)N(C)C. The summed E-state index contributed by atoms with van der Waals surface area (Å²) in [6, 6.07) is 6.88. The summed E-state index contributed by atoms with van der Waals surface area (Å²) in [5.41, 5.74) is 0.251. The fourth-order valence-electron chi connectivity index (χ4n) is 1.53. The molecule has 4 nitrogen and oxygen atoms in total. The Morgan fingerprint density at radius 1 is 1.32 bits per heavy atom. The van der Waals surface area contributed by atoms with Crippen LogP contribution in [-0.2, 0) is 10.0 Å². The van der Waals surface area contributed by atoms with Crippen LogP contribution in [0.25, 0.3) is 0 Å². The van der Waals surface area contributed by atoms with Crippen molar-refractivity contribution in [2.75, 3.05) is 25.3 Å². The Balaban J connectivity index is 3.25. The van der Waals surface area contributed by atoms with Crippen LogP contribution < -0.4 is 5.32 Å². The largest absolute Gasteiger partial charge is 0.378 e. The maximum atomic E-state index is 12.3. The summed E-state index contributed by atoms with van der Waals surface area (Å²) in [4.78, 5) is 0.268. The van der Waals surface area contributed by atoms with Gasteiger partial charge in [-0.3, -0.25) is 0 Å². The molecule has 1 rings (SSSR count). The van der Waals surface area contributed by atoms with E-state index in [0.717, 1.165) is 6.42 Å². The van der Waals surface area contributed by atoms with Gasteiger partial charge in [0.1, 0.15) is 4.90 Å². The van der Waals surface area contributed by atoms with E-state index in [2.05, 4.69) is 5.32 Å². The molecule has 1 atom stereocenters. The molecule has 0 aliphatic heterocycles. The van der Waals surface area contributed by atoms with E-state index < -0.39 is 10.0 Å². The van der Waals surface area contributed by atoms with Crippen molar-refractivity contribution in [2.24, 2.45) is 0 Å². The predicted molar refractivity (Wildman–Crippen MR) is 80.4 cm³/mol. The number of hydrogen-bond donors (Lipinski definition) is 1. The summed E-state index contributed by atoms with van der Waals surface area (Å²) in [5, 5.41) is 3.25. The fourth-order valence-corrected chi connectivity index (χ4v) is 2.83. The second-order valence-corrected chi connectivity index (χ2v) is 7.34. The molecular weight excluding hydrogens is 284 g/mol. The Morgan fingerprint density at radius 2 is 1.89 bits per heavy atom. The quantitative estimate of drug-likeness (QED) is 0.822. The normalized spacial score (nSPS) is 15.3. The molecule has 19 heavy (non-hydrogen) atoms. The molecule has 0 bridgehead atoms. The van der Waals surface area contributed by atoms with E-state index in [4.69, 9.17) is 11.6 Å². The van der Waals surface area contributed by atoms with Crippen LogP contribution in [0.4, 0.5) is 5.69 Å². The Bertz CT molecular complexity index is 525. The molecular formula is C13H21ClN2O2S. The van der Waals surface area contributed by atoms with Gasteiger partial charge in [0.25, 0.3) is 0 Å². The number of rotatable bonds is 6. The number of halogens is 1. The highest BCUT2D eigenvalue weighted by Crippen LogP contribution is 2.27. The maximum Gasteiger partial charge on any atom is 0.244 e. The number of nitrogens with one attached hydrogen (secondary N) is 1. The number of hydrogen-bond acceptors (Lipinski definition) is 3. The molecule has 0 amide bonds. The van der Waals surface area contributed by atoms with Crippen LogP contribution in [0.3, 0.4) is 0 Å². The number of benzene rings is 1. The van der Waals surface area contributed by atoms with E-state index in [1.165, 1.54) is 18.4 Å². The summed E-state index contributed by atoms with van der Waals surface area (Å²) < 4.78 is 25.7. The second kappa shape index (κ2) is 6.11. The monoisotopic (exact) mass is 304 g/mol. The summed E-state index contributed by atoms with van der Waals surface area (Å²) in [7, 11) is -0.428. The Hall–Kier alpha value is -0.780. The van der Waals surface area contributed by atoms with Crippen molar-refractivity contribution >= 4 is 27.3 Å². The maximum absolute atomic E-state index is 12.3. The minimum atomic E-state index is -3.47. The van der Waals surface area contributed by atoms with Crippen molar-refractivity contribution in [2.45, 2.75) is 30.7 Å². The van der Waals surface area contributed by atoms with Crippen molar-refractivity contribution in [3.8, 4) is 0 Å². The topological polar surface area (TPSA) is 49.4 Å². The van der Waals surface area contributed by atoms with E-state index in [0.29, 0.717) is 11.6 Å². The molecule has 6 heteroatoms. The third-order valence-corrected chi connectivity index (χ3v) is 5.62. The first-order valence-electron chi connectivity index (χ1n) is 6.12. The smallest absolute Gasteiger partial charge is 0.244 e. The number of anilines is 1. The van der Waals surface area contributed by atoms with E-state index in [-0.39, 0.29) is 10.4 Å². The minimum Gasteiger partial charge on any atom is -0.378 e. The van der Waals surface area contributed by atoms with Crippen LogP contribution in [0.1, 0.15) is 20.3 Å². The lowest BCUT2D eigenvalue weighted by Crippen LogP contribution is -2.37. The third kappa shape index (κ3) is 3.61. The standard InChI is InChI=1S/C13H21ClN2O2S/c1-5-13(2,10-14)15-11-8-6-7-9-12(11)19(17,18)16(3)4/h6-9,15H,5,10H2,1-4H3. The highest BCUT2D eigenvalue weighted by Gasteiger charge is 2.26. The molecule has 0 fully saturated rings. The molecule has 0 aromatic heterocycles. The highest BCUT2D eigenvalue weighted by atomic mass is 35.5. The minimum absolute atomic E-state index is 0.268. The van der Waals surface area contributed by atoms with Crippen molar-refractivity contribution in [3.63, 3.8) is 0 Å². The van der Waals surface area contributed by atoms with E-state index in [1.807, 2.05) is 13.8 Å². The van der Waals surface area contributed by atoms with Gasteiger partial charge in [-0.05, 0) is 25.5 Å². The van der Waals surface area contributed by atoms with Crippen LogP contribution in [0.15, 0.2) is 29.2 Å². The van der Waals surface area contributed by atoms with E-state index in [9.17, 15) is 8.42 Å². The van der Waals surface area contributed by atoms with Crippen molar-refractivity contribution in [1.82, 2.24) is 4.31 Å². The van der Waals surface area contributed by atoms with Gasteiger partial charge >= 0.3 is 0 Å². The van der Waals surface area contributed by atoms with Gasteiger partial charge < -0.3 is 5.32 Å².